The van der Waals surface area contributed by atoms with Crippen molar-refractivity contribution in [3.63, 3.8) is 0 Å². The first-order valence-corrected chi connectivity index (χ1v) is 13.5. The Balaban J connectivity index is 0.00000441. The second kappa shape index (κ2) is 16.1. The molecule has 218 valence electrons. The summed E-state index contributed by atoms with van der Waals surface area (Å²) in [6.07, 6.45) is 0. The van der Waals surface area contributed by atoms with E-state index in [-0.39, 0.29) is 18.3 Å². The van der Waals surface area contributed by atoms with Gasteiger partial charge < -0.3 is 30.2 Å². The Morgan fingerprint density at radius 1 is 1.07 bits per heavy atom. The minimum atomic E-state index is -0.565. The zero-order chi connectivity index (χ0) is 27.6. The summed E-state index contributed by atoms with van der Waals surface area (Å²) in [5.41, 5.74) is 9.28. The highest BCUT2D eigenvalue weighted by Gasteiger charge is 2.27. The number of urea groups is 1. The van der Waals surface area contributed by atoms with Crippen molar-refractivity contribution in [2.45, 2.75) is 19.0 Å². The van der Waals surface area contributed by atoms with Gasteiger partial charge in [0.05, 0.1) is 46.2 Å². The van der Waals surface area contributed by atoms with Crippen LogP contribution in [0.25, 0.3) is 11.4 Å². The SMILES string of the molecule is CN1Cc2c(Cl)cc(Cl)cc2[C@H](c2cccc(-c3nnn(CCOCCOCCOCCNC(N)=O)n3)c2)C1.Cl. The largest absolute Gasteiger partial charge is 0.377 e. The number of rotatable bonds is 14. The van der Waals surface area contributed by atoms with Crippen molar-refractivity contribution in [2.75, 3.05) is 59.8 Å². The fourth-order valence-electron chi connectivity index (χ4n) is 4.41. The van der Waals surface area contributed by atoms with E-state index in [4.69, 9.17) is 43.1 Å². The van der Waals surface area contributed by atoms with Crippen LogP contribution >= 0.6 is 35.6 Å². The van der Waals surface area contributed by atoms with Gasteiger partial charge in [-0.25, -0.2) is 4.79 Å². The van der Waals surface area contributed by atoms with Crippen molar-refractivity contribution in [3.05, 3.63) is 63.1 Å². The van der Waals surface area contributed by atoms with Gasteiger partial charge in [-0.2, -0.15) is 4.80 Å². The Labute approximate surface area is 249 Å². The Hall–Kier alpha value is -2.51. The van der Waals surface area contributed by atoms with Crippen LogP contribution in [0, 0.1) is 0 Å². The van der Waals surface area contributed by atoms with E-state index in [1.54, 1.807) is 6.07 Å². The minimum absolute atomic E-state index is 0. The molecule has 0 saturated heterocycles. The number of nitrogens with two attached hydrogens (primary N) is 1. The number of likely N-dealkylation sites (N-methyl/N-ethyl adjacent to an activating group) is 1. The fourth-order valence-corrected chi connectivity index (χ4v) is 4.98. The zero-order valence-electron chi connectivity index (χ0n) is 22.2. The molecule has 0 spiro atoms. The first kappa shape index (κ1) is 32.0. The molecule has 11 nitrogen and oxygen atoms in total. The number of hydrogen-bond acceptors (Lipinski definition) is 8. The maximum Gasteiger partial charge on any atom is 0.312 e. The molecule has 4 rings (SSSR count). The Morgan fingerprint density at radius 3 is 2.55 bits per heavy atom. The number of tetrazole rings is 1. The predicted molar refractivity (Wildman–Crippen MR) is 155 cm³/mol. The number of halogens is 3. The normalized spacial score (nSPS) is 14.9. The molecule has 0 radical (unpaired) electrons. The molecule has 1 atom stereocenters. The topological polar surface area (TPSA) is 130 Å². The van der Waals surface area contributed by atoms with Gasteiger partial charge >= 0.3 is 6.03 Å². The van der Waals surface area contributed by atoms with Crippen molar-refractivity contribution in [2.24, 2.45) is 5.73 Å². The highest BCUT2D eigenvalue weighted by molar-refractivity contribution is 6.35. The lowest BCUT2D eigenvalue weighted by atomic mass is 9.84. The highest BCUT2D eigenvalue weighted by Crippen LogP contribution is 2.39. The highest BCUT2D eigenvalue weighted by atomic mass is 35.5. The van der Waals surface area contributed by atoms with Gasteiger partial charge in [-0.1, -0.05) is 41.4 Å². The molecule has 3 N–H and O–H groups in total. The van der Waals surface area contributed by atoms with Crippen LogP contribution in [0.2, 0.25) is 10.0 Å². The number of primary amides is 1. The summed E-state index contributed by atoms with van der Waals surface area (Å²) in [7, 11) is 2.09. The van der Waals surface area contributed by atoms with E-state index < -0.39 is 6.03 Å². The summed E-state index contributed by atoms with van der Waals surface area (Å²) < 4.78 is 16.4. The lowest BCUT2D eigenvalue weighted by Gasteiger charge is -2.33. The van der Waals surface area contributed by atoms with Crippen LogP contribution in [0.3, 0.4) is 0 Å². The van der Waals surface area contributed by atoms with E-state index in [0.29, 0.717) is 68.6 Å². The fraction of sp³-hybridized carbons (Fsp3) is 0.462. The van der Waals surface area contributed by atoms with Crippen molar-refractivity contribution in [1.29, 1.82) is 0 Å². The number of ether oxygens (including phenoxy) is 3. The van der Waals surface area contributed by atoms with Gasteiger partial charge in [0.2, 0.25) is 5.82 Å². The van der Waals surface area contributed by atoms with Gasteiger partial charge in [0, 0.05) is 41.2 Å². The summed E-state index contributed by atoms with van der Waals surface area (Å²) >= 11 is 12.9. The molecular formula is C26H34Cl3N7O4. The van der Waals surface area contributed by atoms with Gasteiger partial charge in [-0.05, 0) is 47.2 Å². The van der Waals surface area contributed by atoms with Crippen LogP contribution in [-0.2, 0) is 27.3 Å². The Bertz CT molecular complexity index is 1250. The van der Waals surface area contributed by atoms with Crippen LogP contribution < -0.4 is 11.1 Å². The average Bonchev–Trinajstić information content (AvgIpc) is 3.38. The third kappa shape index (κ3) is 9.27. The number of aromatic nitrogens is 4. The van der Waals surface area contributed by atoms with Gasteiger partial charge in [0.1, 0.15) is 0 Å². The number of nitrogens with one attached hydrogen (secondary N) is 1. The van der Waals surface area contributed by atoms with E-state index in [1.165, 1.54) is 4.80 Å². The summed E-state index contributed by atoms with van der Waals surface area (Å²) in [5, 5.41) is 16.7. The average molecular weight is 615 g/mol. The lowest BCUT2D eigenvalue weighted by molar-refractivity contribution is 0.0131. The van der Waals surface area contributed by atoms with Crippen LogP contribution in [0.4, 0.5) is 4.79 Å². The van der Waals surface area contributed by atoms with Crippen molar-refractivity contribution < 1.29 is 19.0 Å². The Morgan fingerprint density at radius 2 is 1.80 bits per heavy atom. The van der Waals surface area contributed by atoms with E-state index in [2.05, 4.69) is 44.8 Å². The zero-order valence-corrected chi connectivity index (χ0v) is 24.6. The van der Waals surface area contributed by atoms with Crippen molar-refractivity contribution in [3.8, 4) is 11.4 Å². The first-order valence-electron chi connectivity index (χ1n) is 12.7. The molecular weight excluding hydrogens is 581 g/mol. The molecule has 2 amide bonds. The summed E-state index contributed by atoms with van der Waals surface area (Å²) in [4.78, 5) is 14.3. The molecule has 0 unspecified atom stereocenters. The van der Waals surface area contributed by atoms with E-state index in [9.17, 15) is 4.79 Å². The van der Waals surface area contributed by atoms with Crippen molar-refractivity contribution in [1.82, 2.24) is 30.4 Å². The molecule has 1 aliphatic heterocycles. The van der Waals surface area contributed by atoms with Crippen molar-refractivity contribution >= 4 is 41.6 Å². The molecule has 0 saturated carbocycles. The number of fused-ring (bicyclic) bond motifs is 1. The van der Waals surface area contributed by atoms with Gasteiger partial charge in [-0.15, -0.1) is 22.6 Å². The summed E-state index contributed by atoms with van der Waals surface area (Å²) in [6, 6.07) is 11.5. The second-order valence-electron chi connectivity index (χ2n) is 9.17. The summed E-state index contributed by atoms with van der Waals surface area (Å²) in [6.45, 7) is 5.07. The van der Waals surface area contributed by atoms with Crippen LogP contribution in [0.5, 0.6) is 0 Å². The Kier molecular flexibility index (Phi) is 12.9. The van der Waals surface area contributed by atoms with Crippen LogP contribution in [0.1, 0.15) is 22.6 Å². The molecule has 40 heavy (non-hydrogen) atoms. The number of hydrogen-bond donors (Lipinski definition) is 2. The monoisotopic (exact) mass is 613 g/mol. The number of carbonyl (C=O) groups excluding carboxylic acids is 1. The molecule has 2 aromatic carbocycles. The van der Waals surface area contributed by atoms with E-state index in [0.717, 1.165) is 35.3 Å². The number of carbonyl (C=O) groups is 1. The quantitative estimate of drug-likeness (QED) is 0.265. The van der Waals surface area contributed by atoms with Gasteiger partial charge in [0.15, 0.2) is 0 Å². The minimum Gasteiger partial charge on any atom is -0.377 e. The molecule has 0 bridgehead atoms. The predicted octanol–water partition coefficient (Wildman–Crippen LogP) is 3.36. The third-order valence-electron chi connectivity index (χ3n) is 6.22. The number of benzene rings is 2. The first-order chi connectivity index (χ1) is 18.9. The molecule has 0 aliphatic carbocycles. The summed E-state index contributed by atoms with van der Waals surface area (Å²) in [5.74, 6) is 0.686. The van der Waals surface area contributed by atoms with Gasteiger partial charge in [0.25, 0.3) is 0 Å². The number of amides is 2. The third-order valence-corrected chi connectivity index (χ3v) is 6.77. The maximum atomic E-state index is 10.5. The molecule has 2 heterocycles. The second-order valence-corrected chi connectivity index (χ2v) is 10.0. The molecule has 1 aromatic heterocycles. The van der Waals surface area contributed by atoms with Gasteiger partial charge in [-0.3, -0.25) is 0 Å². The maximum absolute atomic E-state index is 10.5. The standard InChI is InChI=1S/C26H33Cl2N7O4.ClH/c1-34-16-22(21-14-20(27)15-24(28)23(21)17-34)18-3-2-4-19(13-18)25-31-33-35(32-25)6-8-38-10-12-39-11-9-37-7-5-30-26(29)36;/h2-4,13-15,22H,5-12,16-17H2,1H3,(H3,29,30,36);1H/t22-;/m0./s1. The lowest BCUT2D eigenvalue weighted by Crippen LogP contribution is -2.32. The molecule has 3 aromatic rings. The smallest absolute Gasteiger partial charge is 0.312 e. The molecule has 0 fully saturated rings. The van der Waals surface area contributed by atoms with E-state index in [1.807, 2.05) is 18.2 Å². The molecule has 1 aliphatic rings. The van der Waals surface area contributed by atoms with E-state index >= 15 is 0 Å². The number of nitrogens with zero attached hydrogens (tertiary/aromatic N) is 5. The molecule has 14 heteroatoms. The van der Waals surface area contributed by atoms with Crippen LogP contribution in [-0.4, -0.2) is 90.9 Å². The van der Waals surface area contributed by atoms with Crippen LogP contribution in [0.15, 0.2) is 36.4 Å².